The number of para-hydroxylation sites is 2. The number of nitrogens with one attached hydrogen (secondary N) is 1. The summed E-state index contributed by atoms with van der Waals surface area (Å²) in [6.07, 6.45) is 3.51. The summed E-state index contributed by atoms with van der Waals surface area (Å²) >= 11 is -0.130. The van der Waals surface area contributed by atoms with E-state index in [1.807, 2.05) is 0 Å². The summed E-state index contributed by atoms with van der Waals surface area (Å²) < 4.78 is 3.03. The Morgan fingerprint density at radius 3 is 2.34 bits per heavy atom. The molecule has 1 nitrogen and oxygen atoms in total. The molecule has 0 amide bonds. The summed E-state index contributed by atoms with van der Waals surface area (Å²) in [6, 6.07) is 35.3. The number of aromatic amines is 1. The summed E-state index contributed by atoms with van der Waals surface area (Å²) in [5.74, 6) is 0. The molecule has 1 aromatic heterocycles. The maximum atomic E-state index is 3.75. The van der Waals surface area contributed by atoms with Gasteiger partial charge in [-0.15, -0.1) is 0 Å². The molecule has 32 heavy (non-hydrogen) atoms. The molecule has 5 aromatic rings. The van der Waals surface area contributed by atoms with Crippen LogP contribution in [0.1, 0.15) is 22.3 Å². The van der Waals surface area contributed by atoms with E-state index in [2.05, 4.69) is 108 Å². The van der Waals surface area contributed by atoms with E-state index in [-0.39, 0.29) is 15.3 Å². The van der Waals surface area contributed by atoms with Gasteiger partial charge in [0, 0.05) is 0 Å². The second kappa shape index (κ2) is 7.05. The molecule has 4 aromatic carbocycles. The van der Waals surface area contributed by atoms with Gasteiger partial charge in [0.1, 0.15) is 0 Å². The Kier molecular flexibility index (Phi) is 4.01. The molecule has 0 fully saturated rings. The second-order valence-electron chi connectivity index (χ2n) is 8.48. The molecule has 2 heterocycles. The van der Waals surface area contributed by atoms with Crippen LogP contribution in [0.25, 0.3) is 31.7 Å². The van der Waals surface area contributed by atoms with Crippen molar-refractivity contribution >= 4 is 51.4 Å². The monoisotopic (exact) mass is 469 g/mol. The van der Waals surface area contributed by atoms with E-state index in [4.69, 9.17) is 0 Å². The number of aromatic nitrogens is 1. The van der Waals surface area contributed by atoms with Crippen LogP contribution < -0.4 is 0 Å². The standard InChI is InChI=1S/C30H20AsN/c1-2-9-19(10-3-1)27-18-25-21-12-5-4-11-20(21)17-26(25)29(31-27)24-15-8-14-23-22-13-6-7-16-28(22)32-30(23)24/h1-16,18,32H,17H2. The van der Waals surface area contributed by atoms with E-state index < -0.39 is 0 Å². The predicted octanol–water partition coefficient (Wildman–Crippen LogP) is 6.61. The molecule has 0 saturated heterocycles. The molecule has 1 aliphatic carbocycles. The molecule has 150 valence electrons. The number of allylic oxidation sites excluding steroid dienone is 3. The molecule has 0 radical (unpaired) electrons. The first kappa shape index (κ1) is 18.2. The first-order valence-electron chi connectivity index (χ1n) is 11.0. The first-order chi connectivity index (χ1) is 15.9. The van der Waals surface area contributed by atoms with E-state index in [1.165, 1.54) is 59.6 Å². The van der Waals surface area contributed by atoms with Crippen LogP contribution >= 0.6 is 0 Å². The van der Waals surface area contributed by atoms with Crippen LogP contribution in [0.15, 0.2) is 109 Å². The number of H-pyrrole nitrogens is 1. The molecule has 1 N–H and O–H groups in total. The van der Waals surface area contributed by atoms with Gasteiger partial charge in [0.05, 0.1) is 0 Å². The number of rotatable bonds is 2. The summed E-state index contributed by atoms with van der Waals surface area (Å²) in [5, 5.41) is 2.63. The molecular formula is C30H20AsN. The van der Waals surface area contributed by atoms with Gasteiger partial charge >= 0.3 is 194 Å². The van der Waals surface area contributed by atoms with Crippen molar-refractivity contribution < 1.29 is 0 Å². The molecule has 1 aliphatic heterocycles. The van der Waals surface area contributed by atoms with Crippen LogP contribution in [0, 0.1) is 0 Å². The summed E-state index contributed by atoms with van der Waals surface area (Å²) in [4.78, 5) is 3.75. The molecule has 2 aliphatic rings. The van der Waals surface area contributed by atoms with E-state index >= 15 is 0 Å². The van der Waals surface area contributed by atoms with Gasteiger partial charge in [0.25, 0.3) is 0 Å². The average molecular weight is 469 g/mol. The third kappa shape index (κ3) is 2.68. The van der Waals surface area contributed by atoms with Crippen molar-refractivity contribution in [3.8, 4) is 0 Å². The SMILES string of the molecule is C1=C(c2ccccc2)[As]=C(c2cccc3c2[nH]c2ccccc23)C2=C1c1ccccc1C2. The summed E-state index contributed by atoms with van der Waals surface area (Å²) in [5.41, 5.74) is 11.0. The molecule has 2 heteroatoms. The Labute approximate surface area is 193 Å². The number of hydrogen-bond acceptors (Lipinski definition) is 0. The van der Waals surface area contributed by atoms with Crippen molar-refractivity contribution in [2.75, 3.05) is 0 Å². The Bertz CT molecular complexity index is 1630. The number of hydrogen-bond donors (Lipinski definition) is 1. The van der Waals surface area contributed by atoms with Crippen LogP contribution in [-0.2, 0) is 6.42 Å². The number of fused-ring (bicyclic) bond motifs is 5. The van der Waals surface area contributed by atoms with E-state index in [9.17, 15) is 0 Å². The Morgan fingerprint density at radius 1 is 0.656 bits per heavy atom. The second-order valence-corrected chi connectivity index (χ2v) is 10.9. The van der Waals surface area contributed by atoms with Crippen LogP contribution in [0.2, 0.25) is 0 Å². The van der Waals surface area contributed by atoms with Crippen molar-refractivity contribution in [3.05, 3.63) is 131 Å². The van der Waals surface area contributed by atoms with Gasteiger partial charge in [-0.05, 0) is 0 Å². The van der Waals surface area contributed by atoms with Crippen molar-refractivity contribution in [1.29, 1.82) is 0 Å². The van der Waals surface area contributed by atoms with Crippen molar-refractivity contribution in [3.63, 3.8) is 0 Å². The van der Waals surface area contributed by atoms with E-state index in [0.29, 0.717) is 0 Å². The molecule has 0 unspecified atom stereocenters. The van der Waals surface area contributed by atoms with Crippen molar-refractivity contribution in [2.24, 2.45) is 0 Å². The van der Waals surface area contributed by atoms with Gasteiger partial charge in [-0.1, -0.05) is 0 Å². The van der Waals surface area contributed by atoms with Crippen molar-refractivity contribution in [1.82, 2.24) is 4.98 Å². The van der Waals surface area contributed by atoms with Crippen LogP contribution in [-0.4, -0.2) is 24.6 Å². The Morgan fingerprint density at radius 2 is 1.41 bits per heavy atom. The van der Waals surface area contributed by atoms with Gasteiger partial charge in [-0.25, -0.2) is 0 Å². The Hall–Kier alpha value is -3.41. The first-order valence-corrected chi connectivity index (χ1v) is 12.9. The van der Waals surface area contributed by atoms with Gasteiger partial charge in [0.2, 0.25) is 0 Å². The van der Waals surface area contributed by atoms with Gasteiger partial charge in [0.15, 0.2) is 0 Å². The van der Waals surface area contributed by atoms with Crippen molar-refractivity contribution in [2.45, 2.75) is 6.42 Å². The molecule has 0 atom stereocenters. The number of benzene rings is 4. The van der Waals surface area contributed by atoms with Gasteiger partial charge in [-0.3, -0.25) is 0 Å². The summed E-state index contributed by atoms with van der Waals surface area (Å²) in [6.45, 7) is 0. The zero-order chi connectivity index (χ0) is 21.1. The molecule has 0 saturated carbocycles. The van der Waals surface area contributed by atoms with E-state index in [1.54, 1.807) is 4.30 Å². The fraction of sp³-hybridized carbons (Fsp3) is 0.0333. The molecule has 0 bridgehead atoms. The molecule has 7 rings (SSSR count). The maximum absolute atomic E-state index is 3.75. The topological polar surface area (TPSA) is 15.8 Å². The third-order valence-corrected chi connectivity index (χ3v) is 9.52. The fourth-order valence-corrected chi connectivity index (χ4v) is 8.01. The minimum absolute atomic E-state index is 0.130. The van der Waals surface area contributed by atoms with Gasteiger partial charge < -0.3 is 0 Å². The minimum atomic E-state index is -0.130. The molecule has 0 spiro atoms. The normalized spacial score (nSPS) is 15.5. The predicted molar refractivity (Wildman–Crippen MR) is 137 cm³/mol. The van der Waals surface area contributed by atoms with Crippen LogP contribution in [0.4, 0.5) is 0 Å². The third-order valence-electron chi connectivity index (χ3n) is 6.67. The fourth-order valence-electron chi connectivity index (χ4n) is 5.17. The van der Waals surface area contributed by atoms with E-state index in [0.717, 1.165) is 6.42 Å². The van der Waals surface area contributed by atoms with Crippen LogP contribution in [0.5, 0.6) is 0 Å². The zero-order valence-corrected chi connectivity index (χ0v) is 19.3. The molecular weight excluding hydrogens is 449 g/mol. The van der Waals surface area contributed by atoms with Gasteiger partial charge in [-0.2, -0.15) is 0 Å². The zero-order valence-electron chi connectivity index (χ0n) is 17.5. The van der Waals surface area contributed by atoms with Crippen LogP contribution in [0.3, 0.4) is 0 Å². The average Bonchev–Trinajstić information content (AvgIpc) is 3.42. The summed E-state index contributed by atoms with van der Waals surface area (Å²) in [7, 11) is 0. The Balaban J connectivity index is 1.52. The quantitative estimate of drug-likeness (QED) is 0.280.